The molecule has 0 saturated heterocycles. The van der Waals surface area contributed by atoms with E-state index in [1.165, 1.54) is 16.7 Å². The SMILES string of the molecule is CCc1cccc(CC)c1-c1cccc(C)n1. The number of aromatic nitrogens is 1. The second-order valence-electron chi connectivity index (χ2n) is 4.32. The number of pyridine rings is 1. The van der Waals surface area contributed by atoms with E-state index in [0.717, 1.165) is 24.2 Å². The molecule has 1 aromatic carbocycles. The molecule has 1 aromatic heterocycles. The van der Waals surface area contributed by atoms with E-state index in [4.69, 9.17) is 0 Å². The number of hydrogen-bond donors (Lipinski definition) is 0. The van der Waals surface area contributed by atoms with Gasteiger partial charge in [-0.1, -0.05) is 38.1 Å². The normalized spacial score (nSPS) is 10.5. The van der Waals surface area contributed by atoms with Crippen LogP contribution >= 0.6 is 0 Å². The predicted octanol–water partition coefficient (Wildman–Crippen LogP) is 4.18. The van der Waals surface area contributed by atoms with Gasteiger partial charge in [0, 0.05) is 11.3 Å². The number of rotatable bonds is 3. The molecule has 0 aliphatic heterocycles. The van der Waals surface area contributed by atoms with Gasteiger partial charge in [0.15, 0.2) is 0 Å². The highest BCUT2D eigenvalue weighted by Crippen LogP contribution is 2.27. The van der Waals surface area contributed by atoms with Crippen LogP contribution in [-0.2, 0) is 12.8 Å². The summed E-state index contributed by atoms with van der Waals surface area (Å²) in [5.74, 6) is 0. The highest BCUT2D eigenvalue weighted by atomic mass is 14.7. The van der Waals surface area contributed by atoms with Gasteiger partial charge in [-0.05, 0) is 43.0 Å². The standard InChI is InChI=1S/C16H19N/c1-4-13-9-7-10-14(5-2)16(13)15-11-6-8-12(3)17-15/h6-11H,4-5H2,1-3H3. The summed E-state index contributed by atoms with van der Waals surface area (Å²) in [4.78, 5) is 4.66. The fourth-order valence-corrected chi connectivity index (χ4v) is 2.25. The molecule has 2 rings (SSSR count). The highest BCUT2D eigenvalue weighted by molar-refractivity contribution is 5.68. The van der Waals surface area contributed by atoms with Gasteiger partial charge in [-0.2, -0.15) is 0 Å². The third kappa shape index (κ3) is 2.38. The summed E-state index contributed by atoms with van der Waals surface area (Å²) in [5.41, 5.74) is 6.31. The van der Waals surface area contributed by atoms with Crippen LogP contribution in [0.2, 0.25) is 0 Å². The molecular formula is C16H19N. The van der Waals surface area contributed by atoms with E-state index in [2.05, 4.69) is 49.2 Å². The third-order valence-corrected chi connectivity index (χ3v) is 3.14. The summed E-state index contributed by atoms with van der Waals surface area (Å²) >= 11 is 0. The minimum Gasteiger partial charge on any atom is -0.253 e. The van der Waals surface area contributed by atoms with Crippen molar-refractivity contribution < 1.29 is 0 Å². The molecule has 0 bridgehead atoms. The van der Waals surface area contributed by atoms with E-state index in [0.29, 0.717) is 0 Å². The van der Waals surface area contributed by atoms with E-state index in [9.17, 15) is 0 Å². The van der Waals surface area contributed by atoms with Gasteiger partial charge in [0.2, 0.25) is 0 Å². The molecular weight excluding hydrogens is 206 g/mol. The third-order valence-electron chi connectivity index (χ3n) is 3.14. The average molecular weight is 225 g/mol. The smallest absolute Gasteiger partial charge is 0.0710 e. The second kappa shape index (κ2) is 5.13. The number of nitrogens with zero attached hydrogens (tertiary/aromatic N) is 1. The molecule has 0 spiro atoms. The molecule has 0 atom stereocenters. The molecule has 0 aliphatic rings. The molecule has 0 fully saturated rings. The van der Waals surface area contributed by atoms with Crippen LogP contribution in [0.4, 0.5) is 0 Å². The van der Waals surface area contributed by atoms with Gasteiger partial charge in [-0.15, -0.1) is 0 Å². The van der Waals surface area contributed by atoms with Gasteiger partial charge in [0.25, 0.3) is 0 Å². The van der Waals surface area contributed by atoms with Crippen molar-refractivity contribution in [3.8, 4) is 11.3 Å². The van der Waals surface area contributed by atoms with Crippen molar-refractivity contribution in [3.05, 3.63) is 53.2 Å². The molecule has 2 aromatic rings. The summed E-state index contributed by atoms with van der Waals surface area (Å²) < 4.78 is 0. The Labute approximate surface area is 104 Å². The van der Waals surface area contributed by atoms with Crippen LogP contribution < -0.4 is 0 Å². The summed E-state index contributed by atoms with van der Waals surface area (Å²) in [6.45, 7) is 6.45. The van der Waals surface area contributed by atoms with Crippen LogP contribution in [0, 0.1) is 6.92 Å². The number of hydrogen-bond acceptors (Lipinski definition) is 1. The molecule has 0 amide bonds. The molecule has 1 heteroatoms. The van der Waals surface area contributed by atoms with Crippen molar-refractivity contribution in [2.45, 2.75) is 33.6 Å². The van der Waals surface area contributed by atoms with Gasteiger partial charge in [0.1, 0.15) is 0 Å². The zero-order valence-electron chi connectivity index (χ0n) is 10.8. The minimum atomic E-state index is 1.05. The maximum Gasteiger partial charge on any atom is 0.0710 e. The van der Waals surface area contributed by atoms with Crippen LogP contribution in [0.5, 0.6) is 0 Å². The van der Waals surface area contributed by atoms with E-state index in [1.807, 2.05) is 13.0 Å². The van der Waals surface area contributed by atoms with Crippen molar-refractivity contribution in [1.82, 2.24) is 4.98 Å². The van der Waals surface area contributed by atoms with Crippen LogP contribution in [0.15, 0.2) is 36.4 Å². The average Bonchev–Trinajstić information content (AvgIpc) is 2.37. The first kappa shape index (κ1) is 11.8. The van der Waals surface area contributed by atoms with Crippen molar-refractivity contribution in [2.75, 3.05) is 0 Å². The first-order valence-electron chi connectivity index (χ1n) is 6.31. The van der Waals surface area contributed by atoms with E-state index >= 15 is 0 Å². The Morgan fingerprint density at radius 1 is 0.882 bits per heavy atom. The van der Waals surface area contributed by atoms with E-state index in [1.54, 1.807) is 0 Å². The first-order chi connectivity index (χ1) is 8.26. The van der Waals surface area contributed by atoms with Crippen LogP contribution in [0.3, 0.4) is 0 Å². The summed E-state index contributed by atoms with van der Waals surface area (Å²) in [6, 6.07) is 12.8. The molecule has 0 N–H and O–H groups in total. The highest BCUT2D eigenvalue weighted by Gasteiger charge is 2.09. The maximum absolute atomic E-state index is 4.66. The van der Waals surface area contributed by atoms with Gasteiger partial charge >= 0.3 is 0 Å². The zero-order chi connectivity index (χ0) is 12.3. The summed E-state index contributed by atoms with van der Waals surface area (Å²) in [5, 5.41) is 0. The van der Waals surface area contributed by atoms with Crippen molar-refractivity contribution >= 4 is 0 Å². The van der Waals surface area contributed by atoms with Gasteiger partial charge in [-0.3, -0.25) is 4.98 Å². The summed E-state index contributed by atoms with van der Waals surface area (Å²) in [7, 11) is 0. The molecule has 1 nitrogen and oxygen atoms in total. The van der Waals surface area contributed by atoms with E-state index in [-0.39, 0.29) is 0 Å². The quantitative estimate of drug-likeness (QED) is 0.763. The Morgan fingerprint density at radius 3 is 2.00 bits per heavy atom. The lowest BCUT2D eigenvalue weighted by atomic mass is 9.95. The fourth-order valence-electron chi connectivity index (χ4n) is 2.25. The zero-order valence-corrected chi connectivity index (χ0v) is 10.8. The molecule has 0 radical (unpaired) electrons. The molecule has 1 heterocycles. The Morgan fingerprint density at radius 2 is 1.47 bits per heavy atom. The van der Waals surface area contributed by atoms with Crippen LogP contribution in [-0.4, -0.2) is 4.98 Å². The van der Waals surface area contributed by atoms with Crippen LogP contribution in [0.1, 0.15) is 30.7 Å². The van der Waals surface area contributed by atoms with Gasteiger partial charge in [0.05, 0.1) is 5.69 Å². The molecule has 0 saturated carbocycles. The van der Waals surface area contributed by atoms with Gasteiger partial charge in [-0.25, -0.2) is 0 Å². The van der Waals surface area contributed by atoms with Crippen molar-refractivity contribution in [3.63, 3.8) is 0 Å². The Hall–Kier alpha value is -1.63. The fraction of sp³-hybridized carbons (Fsp3) is 0.312. The minimum absolute atomic E-state index is 1.05. The molecule has 17 heavy (non-hydrogen) atoms. The molecule has 88 valence electrons. The van der Waals surface area contributed by atoms with E-state index < -0.39 is 0 Å². The topological polar surface area (TPSA) is 12.9 Å². The number of aryl methyl sites for hydroxylation is 3. The molecule has 0 unspecified atom stereocenters. The Bertz CT molecular complexity index is 492. The monoisotopic (exact) mass is 225 g/mol. The first-order valence-corrected chi connectivity index (χ1v) is 6.31. The number of benzene rings is 1. The van der Waals surface area contributed by atoms with Crippen molar-refractivity contribution in [2.24, 2.45) is 0 Å². The lowest BCUT2D eigenvalue weighted by Crippen LogP contribution is -1.96. The summed E-state index contributed by atoms with van der Waals surface area (Å²) in [6.07, 6.45) is 2.11. The Kier molecular flexibility index (Phi) is 3.58. The van der Waals surface area contributed by atoms with Gasteiger partial charge < -0.3 is 0 Å². The maximum atomic E-state index is 4.66. The largest absolute Gasteiger partial charge is 0.253 e. The lowest BCUT2D eigenvalue weighted by Gasteiger charge is -2.12. The predicted molar refractivity (Wildman–Crippen MR) is 73.2 cm³/mol. The molecule has 0 aliphatic carbocycles. The Balaban J connectivity index is 2.64. The second-order valence-corrected chi connectivity index (χ2v) is 4.32. The lowest BCUT2D eigenvalue weighted by molar-refractivity contribution is 1.08. The van der Waals surface area contributed by atoms with Crippen LogP contribution in [0.25, 0.3) is 11.3 Å². The van der Waals surface area contributed by atoms with Crippen molar-refractivity contribution in [1.29, 1.82) is 0 Å².